The van der Waals surface area contributed by atoms with Gasteiger partial charge in [-0.25, -0.2) is 0 Å². The Balaban J connectivity index is 2.03. The van der Waals surface area contributed by atoms with Gasteiger partial charge in [0.2, 0.25) is 11.8 Å². The van der Waals surface area contributed by atoms with Crippen LogP contribution in [0.15, 0.2) is 18.2 Å². The molecular weight excluding hydrogens is 272 g/mol. The summed E-state index contributed by atoms with van der Waals surface area (Å²) in [6, 6.07) is 4.18. The first-order valence-corrected chi connectivity index (χ1v) is 7.63. The molecule has 2 rings (SSSR count). The van der Waals surface area contributed by atoms with Crippen LogP contribution in [0.3, 0.4) is 0 Å². The molecule has 0 aromatic carbocycles. The van der Waals surface area contributed by atoms with E-state index in [9.17, 15) is 9.59 Å². The first-order chi connectivity index (χ1) is 9.47. The van der Waals surface area contributed by atoms with Crippen LogP contribution in [-0.2, 0) is 9.59 Å². The summed E-state index contributed by atoms with van der Waals surface area (Å²) >= 11 is 1.65. The van der Waals surface area contributed by atoms with Gasteiger partial charge in [-0.3, -0.25) is 9.59 Å². The van der Waals surface area contributed by atoms with Gasteiger partial charge in [-0.2, -0.15) is 0 Å². The van der Waals surface area contributed by atoms with Gasteiger partial charge in [0.1, 0.15) is 0 Å². The second-order valence-corrected chi connectivity index (χ2v) is 6.62. The topological polar surface area (TPSA) is 63.4 Å². The van der Waals surface area contributed by atoms with E-state index in [0.29, 0.717) is 6.54 Å². The molecule has 5 heteroatoms. The van der Waals surface area contributed by atoms with Crippen LogP contribution >= 0.6 is 11.3 Å². The van der Waals surface area contributed by atoms with Crippen molar-refractivity contribution >= 4 is 29.2 Å². The molecule has 0 aliphatic carbocycles. The number of amides is 2. The van der Waals surface area contributed by atoms with Crippen LogP contribution in [0, 0.1) is 12.8 Å². The van der Waals surface area contributed by atoms with Gasteiger partial charge in [0.05, 0.1) is 5.92 Å². The van der Waals surface area contributed by atoms with E-state index in [4.69, 9.17) is 5.73 Å². The number of carbonyl (C=O) groups excluding carboxylic acids is 2. The van der Waals surface area contributed by atoms with E-state index in [-0.39, 0.29) is 23.8 Å². The van der Waals surface area contributed by atoms with Crippen molar-refractivity contribution in [2.75, 3.05) is 6.54 Å². The summed E-state index contributed by atoms with van der Waals surface area (Å²) in [6.45, 7) is 4.48. The molecule has 0 radical (unpaired) electrons. The number of primary amides is 1. The van der Waals surface area contributed by atoms with Crippen LogP contribution < -0.4 is 5.73 Å². The Morgan fingerprint density at radius 1 is 1.40 bits per heavy atom. The summed E-state index contributed by atoms with van der Waals surface area (Å²) in [6.07, 6.45) is 5.02. The van der Waals surface area contributed by atoms with Crippen LogP contribution in [0.1, 0.15) is 29.5 Å². The van der Waals surface area contributed by atoms with Crippen molar-refractivity contribution < 1.29 is 9.59 Å². The van der Waals surface area contributed by atoms with E-state index in [1.54, 1.807) is 22.3 Å². The van der Waals surface area contributed by atoms with E-state index < -0.39 is 0 Å². The van der Waals surface area contributed by atoms with Crippen LogP contribution in [0.4, 0.5) is 0 Å². The van der Waals surface area contributed by atoms with Gasteiger partial charge in [0.25, 0.3) is 0 Å². The molecular formula is C15H20N2O2S. The highest BCUT2D eigenvalue weighted by Gasteiger charge is 2.30. The van der Waals surface area contributed by atoms with Gasteiger partial charge in [0, 0.05) is 28.4 Å². The van der Waals surface area contributed by atoms with Crippen molar-refractivity contribution in [2.45, 2.75) is 32.7 Å². The summed E-state index contributed by atoms with van der Waals surface area (Å²) in [7, 11) is 0. The number of hydrogen-bond acceptors (Lipinski definition) is 3. The van der Waals surface area contributed by atoms with E-state index in [2.05, 4.69) is 0 Å². The maximum absolute atomic E-state index is 12.2. The molecule has 2 heterocycles. The maximum Gasteiger partial charge on any atom is 0.246 e. The smallest absolute Gasteiger partial charge is 0.246 e. The minimum absolute atomic E-state index is 0.0468. The van der Waals surface area contributed by atoms with Crippen LogP contribution in [-0.4, -0.2) is 29.3 Å². The van der Waals surface area contributed by atoms with Crippen molar-refractivity contribution in [3.8, 4) is 0 Å². The molecule has 0 spiro atoms. The molecule has 1 saturated heterocycles. The number of hydrogen-bond donors (Lipinski definition) is 1. The fourth-order valence-electron chi connectivity index (χ4n) is 2.44. The Morgan fingerprint density at radius 3 is 2.75 bits per heavy atom. The van der Waals surface area contributed by atoms with Crippen molar-refractivity contribution in [1.82, 2.24) is 4.90 Å². The SMILES string of the molecule is Cc1ccc(C=CC(=O)N2CC(C(N)=O)CCC2C)s1. The third-order valence-electron chi connectivity index (χ3n) is 3.72. The average molecular weight is 292 g/mol. The number of likely N-dealkylation sites (tertiary alicyclic amines) is 1. The summed E-state index contributed by atoms with van der Waals surface area (Å²) < 4.78 is 0. The average Bonchev–Trinajstić information content (AvgIpc) is 2.82. The number of carbonyl (C=O) groups is 2. The standard InChI is InChI=1S/C15H20N2O2S/c1-10-3-5-12(15(16)19)9-17(10)14(18)8-7-13-6-4-11(2)20-13/h4,6-8,10,12H,3,5,9H2,1-2H3,(H2,16,19). The van der Waals surface area contributed by atoms with Gasteiger partial charge < -0.3 is 10.6 Å². The Morgan fingerprint density at radius 2 is 2.15 bits per heavy atom. The van der Waals surface area contributed by atoms with Crippen molar-refractivity contribution in [1.29, 1.82) is 0 Å². The van der Waals surface area contributed by atoms with E-state index in [1.165, 1.54) is 4.88 Å². The molecule has 2 atom stereocenters. The van der Waals surface area contributed by atoms with Crippen molar-refractivity contribution in [3.05, 3.63) is 28.0 Å². The van der Waals surface area contributed by atoms with Gasteiger partial charge in [-0.15, -0.1) is 11.3 Å². The summed E-state index contributed by atoms with van der Waals surface area (Å²) in [4.78, 5) is 27.6. The Bertz CT molecular complexity index is 536. The molecule has 2 amide bonds. The first-order valence-electron chi connectivity index (χ1n) is 6.82. The second-order valence-electron chi connectivity index (χ2n) is 5.30. The van der Waals surface area contributed by atoms with Gasteiger partial charge >= 0.3 is 0 Å². The fourth-order valence-corrected chi connectivity index (χ4v) is 3.22. The largest absolute Gasteiger partial charge is 0.369 e. The minimum atomic E-state index is -0.312. The lowest BCUT2D eigenvalue weighted by atomic mass is 9.93. The Kier molecular flexibility index (Phi) is 4.60. The molecule has 1 fully saturated rings. The third-order valence-corrected chi connectivity index (χ3v) is 4.68. The lowest BCUT2D eigenvalue weighted by Gasteiger charge is -2.36. The minimum Gasteiger partial charge on any atom is -0.369 e. The molecule has 1 aromatic rings. The number of nitrogens with zero attached hydrogens (tertiary/aromatic N) is 1. The molecule has 2 N–H and O–H groups in total. The zero-order valence-electron chi connectivity index (χ0n) is 11.8. The van der Waals surface area contributed by atoms with E-state index >= 15 is 0 Å². The number of aryl methyl sites for hydroxylation is 1. The number of nitrogens with two attached hydrogens (primary N) is 1. The molecule has 4 nitrogen and oxygen atoms in total. The Hall–Kier alpha value is -1.62. The fraction of sp³-hybridized carbons (Fsp3) is 0.467. The predicted molar refractivity (Wildman–Crippen MR) is 81.2 cm³/mol. The highest BCUT2D eigenvalue weighted by atomic mass is 32.1. The highest BCUT2D eigenvalue weighted by molar-refractivity contribution is 7.12. The zero-order valence-corrected chi connectivity index (χ0v) is 12.7. The predicted octanol–water partition coefficient (Wildman–Crippen LogP) is 2.18. The van der Waals surface area contributed by atoms with Gasteiger partial charge in [-0.1, -0.05) is 0 Å². The molecule has 20 heavy (non-hydrogen) atoms. The number of rotatable bonds is 3. The summed E-state index contributed by atoms with van der Waals surface area (Å²) in [5.74, 6) is -0.574. The van der Waals surface area contributed by atoms with Crippen LogP contribution in [0.5, 0.6) is 0 Å². The zero-order chi connectivity index (χ0) is 14.7. The van der Waals surface area contributed by atoms with Gasteiger partial charge in [-0.05, 0) is 44.9 Å². The van der Waals surface area contributed by atoms with E-state index in [0.717, 1.165) is 17.7 Å². The molecule has 0 saturated carbocycles. The lowest BCUT2D eigenvalue weighted by molar-refractivity contribution is -0.133. The van der Waals surface area contributed by atoms with Crippen LogP contribution in [0.2, 0.25) is 0 Å². The molecule has 0 bridgehead atoms. The molecule has 1 aliphatic heterocycles. The molecule has 2 unspecified atom stereocenters. The third kappa shape index (κ3) is 3.48. The monoisotopic (exact) mass is 292 g/mol. The van der Waals surface area contributed by atoms with Gasteiger partial charge in [0.15, 0.2) is 0 Å². The number of piperidine rings is 1. The summed E-state index contributed by atoms with van der Waals surface area (Å²) in [5.41, 5.74) is 5.35. The second kappa shape index (κ2) is 6.22. The molecule has 1 aromatic heterocycles. The summed E-state index contributed by atoms with van der Waals surface area (Å²) in [5, 5.41) is 0. The Labute approximate surface area is 123 Å². The first kappa shape index (κ1) is 14.8. The van der Waals surface area contributed by atoms with Crippen molar-refractivity contribution in [3.63, 3.8) is 0 Å². The molecule has 1 aliphatic rings. The number of thiophene rings is 1. The quantitative estimate of drug-likeness (QED) is 0.868. The maximum atomic E-state index is 12.2. The normalized spacial score (nSPS) is 23.2. The van der Waals surface area contributed by atoms with Crippen molar-refractivity contribution in [2.24, 2.45) is 11.7 Å². The lowest BCUT2D eigenvalue weighted by Crippen LogP contribution is -2.48. The van der Waals surface area contributed by atoms with Crippen LogP contribution in [0.25, 0.3) is 6.08 Å². The van der Waals surface area contributed by atoms with E-state index in [1.807, 2.05) is 32.1 Å². The highest BCUT2D eigenvalue weighted by Crippen LogP contribution is 2.22. The molecule has 108 valence electrons.